The number of amides is 1. The van der Waals surface area contributed by atoms with Crippen LogP contribution in [0.15, 0.2) is 63.9 Å². The maximum absolute atomic E-state index is 12.5. The number of aromatic amines is 1. The van der Waals surface area contributed by atoms with Crippen LogP contribution in [-0.4, -0.2) is 22.0 Å². The van der Waals surface area contributed by atoms with Crippen molar-refractivity contribution in [2.75, 3.05) is 6.54 Å². The minimum absolute atomic E-state index is 0.210. The number of nitrogens with one attached hydrogen (secondary N) is 2. The standard InChI is InChI=1S/C20H19N3O3/c1-13(23-17-8-4-5-9-18(17)26-20(23)25)19(24)21-11-10-14-12-22-16-7-3-2-6-15(14)16/h2-9,12-13,22H,10-11H2,1H3,(H,21,24). The molecule has 1 unspecified atom stereocenters. The number of benzene rings is 2. The van der Waals surface area contributed by atoms with E-state index in [2.05, 4.69) is 16.4 Å². The van der Waals surface area contributed by atoms with Gasteiger partial charge in [0.05, 0.1) is 5.52 Å². The molecule has 2 heterocycles. The summed E-state index contributed by atoms with van der Waals surface area (Å²) in [5.41, 5.74) is 3.34. The molecule has 0 bridgehead atoms. The lowest BCUT2D eigenvalue weighted by molar-refractivity contribution is -0.123. The van der Waals surface area contributed by atoms with Crippen LogP contribution in [0.4, 0.5) is 0 Å². The summed E-state index contributed by atoms with van der Waals surface area (Å²) in [7, 11) is 0. The first kappa shape index (κ1) is 16.2. The second kappa shape index (κ2) is 6.55. The van der Waals surface area contributed by atoms with Gasteiger partial charge in [0.15, 0.2) is 5.58 Å². The van der Waals surface area contributed by atoms with Gasteiger partial charge in [-0.2, -0.15) is 0 Å². The van der Waals surface area contributed by atoms with Crippen molar-refractivity contribution in [3.63, 3.8) is 0 Å². The molecule has 2 N–H and O–H groups in total. The van der Waals surface area contributed by atoms with E-state index < -0.39 is 11.8 Å². The molecule has 6 nitrogen and oxygen atoms in total. The third kappa shape index (κ3) is 2.79. The summed E-state index contributed by atoms with van der Waals surface area (Å²) < 4.78 is 6.59. The maximum atomic E-state index is 12.5. The van der Waals surface area contributed by atoms with Crippen molar-refractivity contribution in [3.05, 3.63) is 70.8 Å². The van der Waals surface area contributed by atoms with Crippen molar-refractivity contribution in [1.29, 1.82) is 0 Å². The van der Waals surface area contributed by atoms with Gasteiger partial charge in [-0.05, 0) is 37.1 Å². The molecule has 4 aromatic rings. The monoisotopic (exact) mass is 349 g/mol. The molecule has 1 amide bonds. The number of aromatic nitrogens is 2. The third-order valence-corrected chi connectivity index (χ3v) is 4.65. The Kier molecular flexibility index (Phi) is 4.08. The molecule has 1 atom stereocenters. The molecule has 0 fully saturated rings. The molecule has 2 aromatic heterocycles. The summed E-state index contributed by atoms with van der Waals surface area (Å²) in [5.74, 6) is -0.732. The van der Waals surface area contributed by atoms with Gasteiger partial charge in [0.2, 0.25) is 5.91 Å². The van der Waals surface area contributed by atoms with E-state index in [-0.39, 0.29) is 5.91 Å². The third-order valence-electron chi connectivity index (χ3n) is 4.65. The number of hydrogen-bond donors (Lipinski definition) is 2. The fourth-order valence-corrected chi connectivity index (χ4v) is 3.27. The van der Waals surface area contributed by atoms with E-state index in [1.165, 1.54) is 4.57 Å². The first-order chi connectivity index (χ1) is 12.6. The average molecular weight is 349 g/mol. The first-order valence-electron chi connectivity index (χ1n) is 8.58. The summed E-state index contributed by atoms with van der Waals surface area (Å²) >= 11 is 0. The van der Waals surface area contributed by atoms with Crippen LogP contribution in [-0.2, 0) is 11.2 Å². The van der Waals surface area contributed by atoms with E-state index in [4.69, 9.17) is 4.42 Å². The Bertz CT molecular complexity index is 1140. The Morgan fingerprint density at radius 2 is 1.96 bits per heavy atom. The van der Waals surface area contributed by atoms with E-state index in [9.17, 15) is 9.59 Å². The van der Waals surface area contributed by atoms with E-state index in [1.54, 1.807) is 25.1 Å². The smallest absolute Gasteiger partial charge is 0.408 e. The molecule has 26 heavy (non-hydrogen) atoms. The molecule has 0 saturated heterocycles. The van der Waals surface area contributed by atoms with Crippen molar-refractivity contribution in [3.8, 4) is 0 Å². The van der Waals surface area contributed by atoms with E-state index in [0.29, 0.717) is 24.1 Å². The molecule has 6 heteroatoms. The average Bonchev–Trinajstić information content (AvgIpc) is 3.21. The zero-order valence-electron chi connectivity index (χ0n) is 14.4. The molecule has 2 aromatic carbocycles. The summed E-state index contributed by atoms with van der Waals surface area (Å²) in [6.07, 6.45) is 2.68. The van der Waals surface area contributed by atoms with Gasteiger partial charge < -0.3 is 14.7 Å². The van der Waals surface area contributed by atoms with Crippen LogP contribution in [0.1, 0.15) is 18.5 Å². The molecule has 0 radical (unpaired) electrons. The van der Waals surface area contributed by atoms with Crippen LogP contribution < -0.4 is 11.1 Å². The van der Waals surface area contributed by atoms with Crippen LogP contribution >= 0.6 is 0 Å². The highest BCUT2D eigenvalue weighted by Crippen LogP contribution is 2.18. The van der Waals surface area contributed by atoms with Gasteiger partial charge in [0.1, 0.15) is 6.04 Å². The molecular formula is C20H19N3O3. The Morgan fingerprint density at radius 1 is 1.19 bits per heavy atom. The molecule has 0 spiro atoms. The Morgan fingerprint density at radius 3 is 2.85 bits per heavy atom. The number of rotatable bonds is 5. The highest BCUT2D eigenvalue weighted by Gasteiger charge is 2.20. The Hall–Kier alpha value is -3.28. The maximum Gasteiger partial charge on any atom is 0.420 e. The molecule has 0 aliphatic carbocycles. The van der Waals surface area contributed by atoms with E-state index in [1.807, 2.05) is 30.5 Å². The second-order valence-electron chi connectivity index (χ2n) is 6.28. The van der Waals surface area contributed by atoms with Crippen LogP contribution in [0.25, 0.3) is 22.0 Å². The highest BCUT2D eigenvalue weighted by atomic mass is 16.4. The van der Waals surface area contributed by atoms with Gasteiger partial charge in [-0.15, -0.1) is 0 Å². The molecule has 0 aliphatic rings. The van der Waals surface area contributed by atoms with Crippen molar-refractivity contribution in [1.82, 2.24) is 14.9 Å². The Labute approximate surface area is 149 Å². The zero-order valence-corrected chi connectivity index (χ0v) is 14.4. The lowest BCUT2D eigenvalue weighted by Crippen LogP contribution is -2.35. The second-order valence-corrected chi connectivity index (χ2v) is 6.28. The highest BCUT2D eigenvalue weighted by molar-refractivity contribution is 5.84. The predicted molar refractivity (Wildman–Crippen MR) is 100 cm³/mol. The minimum atomic E-state index is -0.644. The van der Waals surface area contributed by atoms with Crippen molar-refractivity contribution >= 4 is 27.9 Å². The van der Waals surface area contributed by atoms with Gasteiger partial charge in [-0.25, -0.2) is 4.79 Å². The van der Waals surface area contributed by atoms with Crippen LogP contribution in [0.5, 0.6) is 0 Å². The summed E-state index contributed by atoms with van der Waals surface area (Å²) in [4.78, 5) is 27.8. The number of hydrogen-bond acceptors (Lipinski definition) is 3. The summed E-state index contributed by atoms with van der Waals surface area (Å²) in [5, 5.41) is 4.07. The molecular weight excluding hydrogens is 330 g/mol. The molecule has 0 saturated carbocycles. The van der Waals surface area contributed by atoms with E-state index >= 15 is 0 Å². The van der Waals surface area contributed by atoms with Crippen molar-refractivity contribution < 1.29 is 9.21 Å². The zero-order chi connectivity index (χ0) is 18.1. The topological polar surface area (TPSA) is 80.0 Å². The van der Waals surface area contributed by atoms with Gasteiger partial charge in [0, 0.05) is 23.6 Å². The minimum Gasteiger partial charge on any atom is -0.408 e. The molecule has 132 valence electrons. The lowest BCUT2D eigenvalue weighted by Gasteiger charge is -2.13. The van der Waals surface area contributed by atoms with Crippen molar-refractivity contribution in [2.24, 2.45) is 0 Å². The summed E-state index contributed by atoms with van der Waals surface area (Å²) in [6, 6.07) is 14.5. The van der Waals surface area contributed by atoms with Gasteiger partial charge in [-0.3, -0.25) is 9.36 Å². The number of nitrogens with zero attached hydrogens (tertiary/aromatic N) is 1. The van der Waals surface area contributed by atoms with Gasteiger partial charge in [-0.1, -0.05) is 30.3 Å². The number of oxazole rings is 1. The van der Waals surface area contributed by atoms with Crippen LogP contribution in [0.2, 0.25) is 0 Å². The normalized spacial score (nSPS) is 12.5. The van der Waals surface area contributed by atoms with Crippen molar-refractivity contribution in [2.45, 2.75) is 19.4 Å². The summed E-state index contributed by atoms with van der Waals surface area (Å²) in [6.45, 7) is 2.19. The number of fused-ring (bicyclic) bond motifs is 2. The number of H-pyrrole nitrogens is 1. The number of para-hydroxylation sites is 3. The van der Waals surface area contributed by atoms with Gasteiger partial charge in [0.25, 0.3) is 0 Å². The molecule has 4 rings (SSSR count). The van der Waals surface area contributed by atoms with Crippen LogP contribution in [0.3, 0.4) is 0 Å². The molecule has 0 aliphatic heterocycles. The SMILES string of the molecule is CC(C(=O)NCCc1c[nH]c2ccccc12)n1c(=O)oc2ccccc21. The Balaban J connectivity index is 1.46. The predicted octanol–water partition coefficient (Wildman–Crippen LogP) is 3.00. The lowest BCUT2D eigenvalue weighted by atomic mass is 10.1. The number of carbonyl (C=O) groups is 1. The number of carbonyl (C=O) groups excluding carboxylic acids is 1. The van der Waals surface area contributed by atoms with Gasteiger partial charge >= 0.3 is 5.76 Å². The first-order valence-corrected chi connectivity index (χ1v) is 8.58. The van der Waals surface area contributed by atoms with E-state index in [0.717, 1.165) is 16.5 Å². The van der Waals surface area contributed by atoms with Crippen LogP contribution in [0, 0.1) is 0 Å². The fraction of sp³-hybridized carbons (Fsp3) is 0.200. The fourth-order valence-electron chi connectivity index (χ4n) is 3.27. The largest absolute Gasteiger partial charge is 0.420 e. The quantitative estimate of drug-likeness (QED) is 0.581.